The van der Waals surface area contributed by atoms with Gasteiger partial charge in [-0.15, -0.1) is 0 Å². The van der Waals surface area contributed by atoms with Crippen molar-refractivity contribution in [3.63, 3.8) is 0 Å². The molecule has 1 aromatic rings. The number of rotatable bonds is 6. The van der Waals surface area contributed by atoms with Crippen molar-refractivity contribution in [2.45, 2.75) is 39.7 Å². The Morgan fingerprint density at radius 2 is 1.94 bits per heavy atom. The lowest BCUT2D eigenvalue weighted by Crippen LogP contribution is -2.36. The maximum Gasteiger partial charge on any atom is 0.0606 e. The summed E-state index contributed by atoms with van der Waals surface area (Å²) in [6, 6.07) is 6.56. The van der Waals surface area contributed by atoms with E-state index >= 15 is 0 Å². The number of nitrogens with two attached hydrogens (primary N) is 1. The van der Waals surface area contributed by atoms with E-state index in [1.165, 1.54) is 0 Å². The minimum Gasteiger partial charge on any atom is -0.399 e. The van der Waals surface area contributed by atoms with Crippen molar-refractivity contribution in [3.8, 4) is 0 Å². The van der Waals surface area contributed by atoms with Gasteiger partial charge < -0.3 is 15.7 Å². The van der Waals surface area contributed by atoms with E-state index in [0.29, 0.717) is 12.6 Å². The van der Waals surface area contributed by atoms with Gasteiger partial charge in [-0.1, -0.05) is 13.8 Å². The summed E-state index contributed by atoms with van der Waals surface area (Å²) in [5.74, 6) is 0. The molecule has 0 spiro atoms. The van der Waals surface area contributed by atoms with Gasteiger partial charge in [0.1, 0.15) is 0 Å². The number of aliphatic hydroxyl groups excluding tert-OH is 1. The Morgan fingerprint density at radius 1 is 1.29 bits per heavy atom. The second kappa shape index (κ2) is 6.50. The molecule has 1 rings (SSSR count). The summed E-state index contributed by atoms with van der Waals surface area (Å²) in [6.07, 6.45) is 2.17. The zero-order valence-electron chi connectivity index (χ0n) is 11.1. The van der Waals surface area contributed by atoms with Crippen molar-refractivity contribution in [3.05, 3.63) is 23.8 Å². The quantitative estimate of drug-likeness (QED) is 0.746. The van der Waals surface area contributed by atoms with Crippen molar-refractivity contribution in [1.29, 1.82) is 0 Å². The standard InChI is InChI=1S/C14H24N2O/c1-4-12(5-2)16(8-9-17)13-6-7-14(15)11(3)10-13/h6-7,10,12,17H,4-5,8-9,15H2,1-3H3. The molecule has 0 radical (unpaired) electrons. The van der Waals surface area contributed by atoms with Gasteiger partial charge in [-0.05, 0) is 43.5 Å². The van der Waals surface area contributed by atoms with Gasteiger partial charge in [0.05, 0.1) is 6.61 Å². The fraction of sp³-hybridized carbons (Fsp3) is 0.571. The van der Waals surface area contributed by atoms with Gasteiger partial charge in [-0.2, -0.15) is 0 Å². The summed E-state index contributed by atoms with van der Waals surface area (Å²) in [6.45, 7) is 7.24. The molecule has 3 nitrogen and oxygen atoms in total. The van der Waals surface area contributed by atoms with Crippen LogP contribution in [0.2, 0.25) is 0 Å². The molecule has 0 saturated heterocycles. The molecule has 1 aromatic carbocycles. The Hall–Kier alpha value is -1.22. The van der Waals surface area contributed by atoms with Gasteiger partial charge in [0.2, 0.25) is 0 Å². The topological polar surface area (TPSA) is 49.5 Å². The van der Waals surface area contributed by atoms with Crippen LogP contribution in [0.1, 0.15) is 32.3 Å². The number of hydrogen-bond donors (Lipinski definition) is 2. The van der Waals surface area contributed by atoms with E-state index < -0.39 is 0 Å². The Balaban J connectivity index is 2.99. The molecular formula is C14H24N2O. The van der Waals surface area contributed by atoms with Crippen molar-refractivity contribution in [2.75, 3.05) is 23.8 Å². The SMILES string of the molecule is CCC(CC)N(CCO)c1ccc(N)c(C)c1. The van der Waals surface area contributed by atoms with Crippen LogP contribution in [0.15, 0.2) is 18.2 Å². The van der Waals surface area contributed by atoms with Crippen LogP contribution in [-0.4, -0.2) is 24.3 Å². The average Bonchev–Trinajstić information content (AvgIpc) is 2.33. The molecule has 0 amide bonds. The first-order valence-corrected chi connectivity index (χ1v) is 6.37. The zero-order chi connectivity index (χ0) is 12.8. The molecule has 0 unspecified atom stereocenters. The third-order valence-corrected chi connectivity index (χ3v) is 3.31. The van der Waals surface area contributed by atoms with Crippen LogP contribution in [0.25, 0.3) is 0 Å². The number of benzene rings is 1. The molecule has 0 aromatic heterocycles. The summed E-state index contributed by atoms with van der Waals surface area (Å²) >= 11 is 0. The molecular weight excluding hydrogens is 212 g/mol. The lowest BCUT2D eigenvalue weighted by molar-refractivity contribution is 0.296. The van der Waals surface area contributed by atoms with E-state index in [2.05, 4.69) is 24.8 Å². The predicted molar refractivity (Wildman–Crippen MR) is 74.4 cm³/mol. The molecule has 0 aliphatic heterocycles. The maximum atomic E-state index is 9.20. The molecule has 17 heavy (non-hydrogen) atoms. The molecule has 0 aliphatic carbocycles. The fourth-order valence-electron chi connectivity index (χ4n) is 2.20. The summed E-state index contributed by atoms with van der Waals surface area (Å²) in [5, 5.41) is 9.20. The minimum atomic E-state index is 0.180. The molecule has 0 saturated carbocycles. The number of hydrogen-bond acceptors (Lipinski definition) is 3. The highest BCUT2D eigenvalue weighted by atomic mass is 16.3. The van der Waals surface area contributed by atoms with Gasteiger partial charge in [0.15, 0.2) is 0 Å². The van der Waals surface area contributed by atoms with Crippen LogP contribution in [0, 0.1) is 6.92 Å². The first-order valence-electron chi connectivity index (χ1n) is 6.37. The Kier molecular flexibility index (Phi) is 5.29. The van der Waals surface area contributed by atoms with Crippen molar-refractivity contribution < 1.29 is 5.11 Å². The third kappa shape index (κ3) is 3.37. The van der Waals surface area contributed by atoms with Crippen LogP contribution >= 0.6 is 0 Å². The van der Waals surface area contributed by atoms with E-state index in [4.69, 9.17) is 5.73 Å². The highest BCUT2D eigenvalue weighted by Gasteiger charge is 2.15. The Morgan fingerprint density at radius 3 is 2.41 bits per heavy atom. The molecule has 0 bridgehead atoms. The third-order valence-electron chi connectivity index (χ3n) is 3.31. The van der Waals surface area contributed by atoms with Crippen LogP contribution < -0.4 is 10.6 Å². The van der Waals surface area contributed by atoms with E-state index in [1.54, 1.807) is 0 Å². The molecule has 0 heterocycles. The monoisotopic (exact) mass is 236 g/mol. The number of aliphatic hydroxyl groups is 1. The normalized spacial score (nSPS) is 10.9. The highest BCUT2D eigenvalue weighted by molar-refractivity contribution is 5.58. The summed E-state index contributed by atoms with van der Waals surface area (Å²) in [7, 11) is 0. The largest absolute Gasteiger partial charge is 0.399 e. The van der Waals surface area contributed by atoms with E-state index in [9.17, 15) is 5.11 Å². The predicted octanol–water partition coefficient (Wildman–Crippen LogP) is 2.56. The van der Waals surface area contributed by atoms with Crippen molar-refractivity contribution >= 4 is 11.4 Å². The first-order chi connectivity index (χ1) is 8.13. The molecule has 0 fully saturated rings. The van der Waals surface area contributed by atoms with E-state index in [1.807, 2.05) is 19.1 Å². The summed E-state index contributed by atoms with van der Waals surface area (Å²) in [5.41, 5.74) is 8.90. The minimum absolute atomic E-state index is 0.180. The summed E-state index contributed by atoms with van der Waals surface area (Å²) < 4.78 is 0. The first kappa shape index (κ1) is 13.8. The van der Waals surface area contributed by atoms with E-state index in [-0.39, 0.29) is 6.61 Å². The molecule has 0 aliphatic rings. The Bertz CT molecular complexity index is 348. The van der Waals surface area contributed by atoms with E-state index in [0.717, 1.165) is 29.8 Å². The number of nitrogens with zero attached hydrogens (tertiary/aromatic N) is 1. The van der Waals surface area contributed by atoms with Crippen LogP contribution in [0.4, 0.5) is 11.4 Å². The fourth-order valence-corrected chi connectivity index (χ4v) is 2.20. The number of nitrogen functional groups attached to an aromatic ring is 1. The van der Waals surface area contributed by atoms with Crippen LogP contribution in [-0.2, 0) is 0 Å². The van der Waals surface area contributed by atoms with Crippen LogP contribution in [0.5, 0.6) is 0 Å². The lowest BCUT2D eigenvalue weighted by Gasteiger charge is -2.32. The highest BCUT2D eigenvalue weighted by Crippen LogP contribution is 2.24. The molecule has 3 N–H and O–H groups in total. The molecule has 96 valence electrons. The second-order valence-corrected chi connectivity index (χ2v) is 4.43. The maximum absolute atomic E-state index is 9.20. The summed E-state index contributed by atoms with van der Waals surface area (Å²) in [4.78, 5) is 2.27. The lowest BCUT2D eigenvalue weighted by atomic mass is 10.1. The van der Waals surface area contributed by atoms with Gasteiger partial charge in [-0.3, -0.25) is 0 Å². The molecule has 3 heteroatoms. The second-order valence-electron chi connectivity index (χ2n) is 4.43. The van der Waals surface area contributed by atoms with Gasteiger partial charge in [0, 0.05) is 24.0 Å². The van der Waals surface area contributed by atoms with Gasteiger partial charge >= 0.3 is 0 Å². The number of aryl methyl sites for hydroxylation is 1. The van der Waals surface area contributed by atoms with Gasteiger partial charge in [0.25, 0.3) is 0 Å². The Labute approximate surface area is 104 Å². The smallest absolute Gasteiger partial charge is 0.0606 e. The average molecular weight is 236 g/mol. The van der Waals surface area contributed by atoms with Crippen LogP contribution in [0.3, 0.4) is 0 Å². The van der Waals surface area contributed by atoms with Gasteiger partial charge in [-0.25, -0.2) is 0 Å². The molecule has 0 atom stereocenters. The number of anilines is 2. The van der Waals surface area contributed by atoms with Crippen molar-refractivity contribution in [1.82, 2.24) is 0 Å². The van der Waals surface area contributed by atoms with Crippen molar-refractivity contribution in [2.24, 2.45) is 0 Å². The zero-order valence-corrected chi connectivity index (χ0v) is 11.1.